The molecule has 144 valence electrons. The lowest BCUT2D eigenvalue weighted by atomic mass is 9.92. The predicted octanol–water partition coefficient (Wildman–Crippen LogP) is 4.01. The summed E-state index contributed by atoms with van der Waals surface area (Å²) in [6.07, 6.45) is 0.00564. The van der Waals surface area contributed by atoms with Gasteiger partial charge in [-0.15, -0.1) is 11.3 Å². The molecular formula is C18H14F3N5OS. The van der Waals surface area contributed by atoms with E-state index in [1.165, 1.54) is 28.4 Å². The van der Waals surface area contributed by atoms with Crippen LogP contribution in [0.3, 0.4) is 0 Å². The Morgan fingerprint density at radius 3 is 2.79 bits per heavy atom. The molecule has 1 aliphatic rings. The lowest BCUT2D eigenvalue weighted by Gasteiger charge is -2.30. The Kier molecular flexibility index (Phi) is 4.50. The number of allylic oxidation sites excluding steroid dienone is 2. The summed E-state index contributed by atoms with van der Waals surface area (Å²) in [6.45, 7) is 1.92. The van der Waals surface area contributed by atoms with Gasteiger partial charge in [-0.3, -0.25) is 9.78 Å². The van der Waals surface area contributed by atoms with Crippen LogP contribution in [0.15, 0.2) is 54.3 Å². The number of anilines is 1. The third kappa shape index (κ3) is 3.09. The molecule has 0 radical (unpaired) electrons. The van der Waals surface area contributed by atoms with Crippen LogP contribution >= 0.6 is 11.3 Å². The topological polar surface area (TPSA) is 72.7 Å². The zero-order valence-corrected chi connectivity index (χ0v) is 15.4. The summed E-state index contributed by atoms with van der Waals surface area (Å²) in [5.41, 5.74) is -1.14. The van der Waals surface area contributed by atoms with E-state index >= 15 is 0 Å². The van der Waals surface area contributed by atoms with Crippen molar-refractivity contribution >= 4 is 23.1 Å². The Labute approximate surface area is 161 Å². The Morgan fingerprint density at radius 1 is 1.32 bits per heavy atom. The number of aromatic nitrogens is 4. The molecule has 1 atom stereocenters. The Hall–Kier alpha value is -3.01. The van der Waals surface area contributed by atoms with Crippen LogP contribution in [0.1, 0.15) is 33.1 Å². The molecule has 0 bridgehead atoms. The minimum atomic E-state index is -4.77. The summed E-state index contributed by atoms with van der Waals surface area (Å²) in [4.78, 5) is 22.2. The van der Waals surface area contributed by atoms with Gasteiger partial charge in [-0.05, 0) is 30.2 Å². The first-order chi connectivity index (χ1) is 13.4. The summed E-state index contributed by atoms with van der Waals surface area (Å²) < 4.78 is 42.9. The van der Waals surface area contributed by atoms with E-state index in [1.54, 1.807) is 24.3 Å². The summed E-state index contributed by atoms with van der Waals surface area (Å²) in [5, 5.41) is 6.29. The van der Waals surface area contributed by atoms with Crippen molar-refractivity contribution in [3.05, 3.63) is 69.6 Å². The molecule has 28 heavy (non-hydrogen) atoms. The molecule has 0 saturated heterocycles. The van der Waals surface area contributed by atoms with E-state index in [0.29, 0.717) is 12.0 Å². The van der Waals surface area contributed by atoms with Crippen LogP contribution in [0, 0.1) is 0 Å². The fourth-order valence-corrected chi connectivity index (χ4v) is 4.00. The number of thiophene rings is 1. The number of Topliss-reactive ketones (excluding diaryl/α,β-unsaturated/α-hetero) is 1. The Bertz CT molecular complexity index is 1050. The minimum absolute atomic E-state index is 0.0850. The fourth-order valence-electron chi connectivity index (χ4n) is 3.10. The molecule has 10 heteroatoms. The second-order valence-electron chi connectivity index (χ2n) is 6.08. The van der Waals surface area contributed by atoms with E-state index in [1.807, 2.05) is 6.92 Å². The van der Waals surface area contributed by atoms with E-state index in [9.17, 15) is 18.0 Å². The maximum atomic E-state index is 13.9. The van der Waals surface area contributed by atoms with Crippen molar-refractivity contribution < 1.29 is 18.0 Å². The fraction of sp³-hybridized carbons (Fsp3) is 0.222. The SMILES string of the molecule is CCc1ccc(C(=O)C2=C(C(F)(F)F)Nc3ncnn3[C@H]2c2cccnc2)s1. The molecule has 0 spiro atoms. The van der Waals surface area contributed by atoms with Crippen LogP contribution in [0.5, 0.6) is 0 Å². The smallest absolute Gasteiger partial charge is 0.320 e. The molecule has 3 aromatic heterocycles. The van der Waals surface area contributed by atoms with E-state index in [2.05, 4.69) is 20.4 Å². The second kappa shape index (κ2) is 6.86. The average molecular weight is 405 g/mol. The highest BCUT2D eigenvalue weighted by atomic mass is 32.1. The maximum absolute atomic E-state index is 13.9. The number of halogens is 3. The van der Waals surface area contributed by atoms with Crippen molar-refractivity contribution in [2.24, 2.45) is 0 Å². The number of carbonyl (C=O) groups is 1. The summed E-state index contributed by atoms with van der Waals surface area (Å²) >= 11 is 1.19. The zero-order valence-electron chi connectivity index (χ0n) is 14.6. The first-order valence-electron chi connectivity index (χ1n) is 8.41. The monoisotopic (exact) mass is 405 g/mol. The van der Waals surface area contributed by atoms with Gasteiger partial charge >= 0.3 is 6.18 Å². The van der Waals surface area contributed by atoms with E-state index in [-0.39, 0.29) is 10.8 Å². The predicted molar refractivity (Wildman–Crippen MR) is 97.1 cm³/mol. The molecule has 0 saturated carbocycles. The minimum Gasteiger partial charge on any atom is -0.320 e. The third-order valence-corrected chi connectivity index (χ3v) is 5.59. The van der Waals surface area contributed by atoms with E-state index in [4.69, 9.17) is 0 Å². The van der Waals surface area contributed by atoms with Gasteiger partial charge in [0.25, 0.3) is 0 Å². The summed E-state index contributed by atoms with van der Waals surface area (Å²) in [7, 11) is 0. The van der Waals surface area contributed by atoms with Crippen LogP contribution in [-0.4, -0.2) is 31.7 Å². The lowest BCUT2D eigenvalue weighted by Crippen LogP contribution is -2.35. The number of nitrogens with zero attached hydrogens (tertiary/aromatic N) is 4. The van der Waals surface area contributed by atoms with Gasteiger partial charge in [0.05, 0.1) is 10.5 Å². The number of rotatable bonds is 4. The van der Waals surface area contributed by atoms with Gasteiger partial charge in [0, 0.05) is 17.3 Å². The molecule has 1 aliphatic heterocycles. The number of aryl methyl sites for hydroxylation is 1. The quantitative estimate of drug-likeness (QED) is 0.664. The van der Waals surface area contributed by atoms with Gasteiger partial charge in [0.15, 0.2) is 0 Å². The van der Waals surface area contributed by atoms with Crippen molar-refractivity contribution in [3.8, 4) is 0 Å². The highest BCUT2D eigenvalue weighted by molar-refractivity contribution is 7.14. The van der Waals surface area contributed by atoms with Gasteiger partial charge in [-0.2, -0.15) is 23.3 Å². The van der Waals surface area contributed by atoms with Gasteiger partial charge in [-0.25, -0.2) is 4.68 Å². The summed E-state index contributed by atoms with van der Waals surface area (Å²) in [6, 6.07) is 5.43. The molecule has 3 aromatic rings. The van der Waals surface area contributed by atoms with Gasteiger partial charge < -0.3 is 5.32 Å². The van der Waals surface area contributed by atoms with E-state index < -0.39 is 29.3 Å². The molecule has 0 fully saturated rings. The number of ketones is 1. The van der Waals surface area contributed by atoms with Crippen molar-refractivity contribution in [1.82, 2.24) is 19.7 Å². The maximum Gasteiger partial charge on any atom is 0.431 e. The second-order valence-corrected chi connectivity index (χ2v) is 7.25. The normalized spacial score (nSPS) is 16.6. The molecule has 1 N–H and O–H groups in total. The van der Waals surface area contributed by atoms with Crippen LogP contribution in [-0.2, 0) is 6.42 Å². The summed E-state index contributed by atoms with van der Waals surface area (Å²) in [5.74, 6) is -0.780. The molecule has 6 nitrogen and oxygen atoms in total. The first-order valence-corrected chi connectivity index (χ1v) is 9.23. The average Bonchev–Trinajstić information content (AvgIpc) is 3.35. The van der Waals surface area contributed by atoms with Crippen molar-refractivity contribution in [2.45, 2.75) is 25.6 Å². The number of pyridine rings is 1. The molecule has 4 rings (SSSR count). The zero-order chi connectivity index (χ0) is 19.9. The van der Waals surface area contributed by atoms with Crippen molar-refractivity contribution in [2.75, 3.05) is 5.32 Å². The molecule has 0 aromatic carbocycles. The molecule has 0 unspecified atom stereocenters. The standard InChI is InChI=1S/C18H14F3N5OS/c1-2-11-5-6-12(28-11)15(27)13-14(10-4-3-7-22-8-10)26-17(23-9-24-26)25-16(13)18(19,20)21/h3-9,14H,2H2,1H3,(H,23,24,25)/t14-/m0/s1. The molecule has 4 heterocycles. The van der Waals surface area contributed by atoms with Crippen LogP contribution in [0.2, 0.25) is 0 Å². The lowest BCUT2D eigenvalue weighted by molar-refractivity contribution is -0.0918. The van der Waals surface area contributed by atoms with Crippen LogP contribution in [0.25, 0.3) is 0 Å². The molecule has 0 aliphatic carbocycles. The Balaban J connectivity index is 1.94. The highest BCUT2D eigenvalue weighted by Gasteiger charge is 2.46. The van der Waals surface area contributed by atoms with Crippen LogP contribution < -0.4 is 5.32 Å². The Morgan fingerprint density at radius 2 is 2.14 bits per heavy atom. The molecule has 0 amide bonds. The largest absolute Gasteiger partial charge is 0.431 e. The highest BCUT2D eigenvalue weighted by Crippen LogP contribution is 2.42. The number of nitrogens with one attached hydrogen (secondary N) is 1. The van der Waals surface area contributed by atoms with Gasteiger partial charge in [0.2, 0.25) is 11.7 Å². The number of hydrogen-bond acceptors (Lipinski definition) is 6. The van der Waals surface area contributed by atoms with Crippen LogP contribution in [0.4, 0.5) is 19.1 Å². The van der Waals surface area contributed by atoms with Crippen molar-refractivity contribution in [3.63, 3.8) is 0 Å². The number of hydrogen-bond donors (Lipinski definition) is 1. The van der Waals surface area contributed by atoms with Gasteiger partial charge in [0.1, 0.15) is 18.1 Å². The van der Waals surface area contributed by atoms with Crippen molar-refractivity contribution in [1.29, 1.82) is 0 Å². The number of fused-ring (bicyclic) bond motifs is 1. The third-order valence-electron chi connectivity index (χ3n) is 4.36. The first kappa shape index (κ1) is 18.4. The molecular weight excluding hydrogens is 391 g/mol. The van der Waals surface area contributed by atoms with Gasteiger partial charge in [-0.1, -0.05) is 13.0 Å². The van der Waals surface area contributed by atoms with E-state index in [0.717, 1.165) is 11.2 Å². The number of carbonyl (C=O) groups excluding carboxylic acids is 1. The number of alkyl halides is 3.